The highest BCUT2D eigenvalue weighted by Gasteiger charge is 2.22. The van der Waals surface area contributed by atoms with Crippen LogP contribution in [0.4, 0.5) is 21.4 Å². The standard InChI is InChI=1S/C21H22N6O2S/c28-19(23-16-6-2-1-3-7-16)14-17-15-30-20(24-17)25-21(29)27-12-10-26(11-13-27)18-8-4-5-9-22-18/h1-9,15H,10-14H2,(H,23,28)(H,24,25,29). The minimum Gasteiger partial charge on any atom is -0.353 e. The van der Waals surface area contributed by atoms with Gasteiger partial charge in [-0.25, -0.2) is 14.8 Å². The molecule has 0 atom stereocenters. The fourth-order valence-electron chi connectivity index (χ4n) is 3.19. The number of piperazine rings is 1. The number of para-hydroxylation sites is 1. The Kier molecular flexibility index (Phi) is 6.19. The maximum Gasteiger partial charge on any atom is 0.323 e. The van der Waals surface area contributed by atoms with Gasteiger partial charge < -0.3 is 15.1 Å². The summed E-state index contributed by atoms with van der Waals surface area (Å²) in [6.45, 7) is 2.68. The van der Waals surface area contributed by atoms with Crippen LogP contribution in [0.1, 0.15) is 5.69 Å². The Morgan fingerprint density at radius 1 is 0.967 bits per heavy atom. The van der Waals surface area contributed by atoms with Gasteiger partial charge in [-0.3, -0.25) is 10.1 Å². The summed E-state index contributed by atoms with van der Waals surface area (Å²) in [5.41, 5.74) is 1.37. The lowest BCUT2D eigenvalue weighted by Gasteiger charge is -2.35. The van der Waals surface area contributed by atoms with Crippen LogP contribution in [-0.4, -0.2) is 53.0 Å². The van der Waals surface area contributed by atoms with E-state index in [2.05, 4.69) is 25.5 Å². The van der Waals surface area contributed by atoms with E-state index in [1.165, 1.54) is 11.3 Å². The van der Waals surface area contributed by atoms with Crippen LogP contribution in [0.5, 0.6) is 0 Å². The van der Waals surface area contributed by atoms with Gasteiger partial charge in [-0.2, -0.15) is 0 Å². The van der Waals surface area contributed by atoms with Crippen LogP contribution < -0.4 is 15.5 Å². The third-order valence-corrected chi connectivity index (χ3v) is 5.51. The number of benzene rings is 1. The molecule has 1 fully saturated rings. The van der Waals surface area contributed by atoms with Crippen molar-refractivity contribution in [3.05, 3.63) is 65.8 Å². The quantitative estimate of drug-likeness (QED) is 0.660. The van der Waals surface area contributed by atoms with Gasteiger partial charge in [-0.15, -0.1) is 11.3 Å². The Morgan fingerprint density at radius 3 is 2.47 bits per heavy atom. The van der Waals surface area contributed by atoms with E-state index in [0.717, 1.165) is 24.6 Å². The number of urea groups is 1. The number of nitrogens with one attached hydrogen (secondary N) is 2. The SMILES string of the molecule is O=C(Cc1csc(NC(=O)N2CCN(c3ccccn3)CC2)n1)Nc1ccccc1. The number of rotatable bonds is 5. The molecule has 0 radical (unpaired) electrons. The predicted octanol–water partition coefficient (Wildman–Crippen LogP) is 3.07. The summed E-state index contributed by atoms with van der Waals surface area (Å²) in [7, 11) is 0. The first-order valence-electron chi connectivity index (χ1n) is 9.68. The van der Waals surface area contributed by atoms with Gasteiger partial charge in [0.05, 0.1) is 12.1 Å². The summed E-state index contributed by atoms with van der Waals surface area (Å²) in [6, 6.07) is 14.9. The van der Waals surface area contributed by atoms with Gasteiger partial charge in [-0.05, 0) is 24.3 Å². The molecule has 2 N–H and O–H groups in total. The second-order valence-electron chi connectivity index (χ2n) is 6.83. The molecule has 0 saturated carbocycles. The Balaban J connectivity index is 1.25. The molecule has 0 aliphatic carbocycles. The molecule has 30 heavy (non-hydrogen) atoms. The van der Waals surface area contributed by atoms with Crippen LogP contribution in [-0.2, 0) is 11.2 Å². The van der Waals surface area contributed by atoms with Crippen LogP contribution in [0, 0.1) is 0 Å². The van der Waals surface area contributed by atoms with Gasteiger partial charge >= 0.3 is 6.03 Å². The average Bonchev–Trinajstić information content (AvgIpc) is 3.21. The van der Waals surface area contributed by atoms with Crippen molar-refractivity contribution in [1.82, 2.24) is 14.9 Å². The fraction of sp³-hybridized carbons (Fsp3) is 0.238. The third-order valence-electron chi connectivity index (χ3n) is 4.70. The zero-order valence-corrected chi connectivity index (χ0v) is 17.1. The molecule has 4 rings (SSSR count). The minimum atomic E-state index is -0.176. The Hall–Kier alpha value is -3.46. The van der Waals surface area contributed by atoms with E-state index in [-0.39, 0.29) is 18.4 Å². The number of pyridine rings is 1. The Bertz CT molecular complexity index is 987. The van der Waals surface area contributed by atoms with Gasteiger partial charge in [0.2, 0.25) is 5.91 Å². The first-order chi connectivity index (χ1) is 14.7. The van der Waals surface area contributed by atoms with Crippen molar-refractivity contribution in [3.8, 4) is 0 Å². The number of hydrogen-bond donors (Lipinski definition) is 2. The predicted molar refractivity (Wildman–Crippen MR) is 118 cm³/mol. The maximum atomic E-state index is 12.6. The number of nitrogens with zero attached hydrogens (tertiary/aromatic N) is 4. The van der Waals surface area contributed by atoms with E-state index in [1.807, 2.05) is 48.5 Å². The molecule has 0 spiro atoms. The number of hydrogen-bond acceptors (Lipinski definition) is 6. The van der Waals surface area contributed by atoms with Crippen LogP contribution >= 0.6 is 11.3 Å². The molecule has 1 aromatic carbocycles. The molecule has 9 heteroatoms. The molecule has 154 valence electrons. The van der Waals surface area contributed by atoms with Gasteiger partial charge in [0.1, 0.15) is 5.82 Å². The fourth-order valence-corrected chi connectivity index (χ4v) is 3.89. The van der Waals surface area contributed by atoms with Crippen molar-refractivity contribution in [3.63, 3.8) is 0 Å². The van der Waals surface area contributed by atoms with Crippen molar-refractivity contribution in [2.45, 2.75) is 6.42 Å². The van der Waals surface area contributed by atoms with Crippen molar-refractivity contribution in [1.29, 1.82) is 0 Å². The van der Waals surface area contributed by atoms with Crippen LogP contribution in [0.15, 0.2) is 60.1 Å². The zero-order valence-electron chi connectivity index (χ0n) is 16.3. The topological polar surface area (TPSA) is 90.5 Å². The van der Waals surface area contributed by atoms with Crippen LogP contribution in [0.3, 0.4) is 0 Å². The number of thiazole rings is 1. The highest BCUT2D eigenvalue weighted by molar-refractivity contribution is 7.13. The molecule has 1 aliphatic rings. The third kappa shape index (κ3) is 5.12. The van der Waals surface area contributed by atoms with Crippen LogP contribution in [0.2, 0.25) is 0 Å². The molecule has 3 amide bonds. The Labute approximate surface area is 178 Å². The van der Waals surface area contributed by atoms with Gasteiger partial charge in [0.15, 0.2) is 5.13 Å². The average molecular weight is 423 g/mol. The molecule has 8 nitrogen and oxygen atoms in total. The van der Waals surface area contributed by atoms with E-state index >= 15 is 0 Å². The summed E-state index contributed by atoms with van der Waals surface area (Å²) in [5, 5.41) is 7.95. The number of carbonyl (C=O) groups is 2. The molecular formula is C21H22N6O2S. The van der Waals surface area contributed by atoms with E-state index in [9.17, 15) is 9.59 Å². The van der Waals surface area contributed by atoms with Crippen molar-refractivity contribution in [2.24, 2.45) is 0 Å². The van der Waals surface area contributed by atoms with Crippen LogP contribution in [0.25, 0.3) is 0 Å². The molecule has 3 heterocycles. The first kappa shape index (κ1) is 19.8. The normalized spacial score (nSPS) is 13.7. The molecule has 1 aliphatic heterocycles. The molecule has 2 aromatic heterocycles. The lowest BCUT2D eigenvalue weighted by Crippen LogP contribution is -2.50. The second kappa shape index (κ2) is 9.36. The van der Waals surface area contributed by atoms with Gasteiger partial charge in [0.25, 0.3) is 0 Å². The molecule has 1 saturated heterocycles. The highest BCUT2D eigenvalue weighted by atomic mass is 32.1. The molecule has 3 aromatic rings. The summed E-state index contributed by atoms with van der Waals surface area (Å²) < 4.78 is 0. The highest BCUT2D eigenvalue weighted by Crippen LogP contribution is 2.18. The number of amides is 3. The summed E-state index contributed by atoms with van der Waals surface area (Å²) in [4.78, 5) is 37.4. The van der Waals surface area contributed by atoms with E-state index in [0.29, 0.717) is 23.9 Å². The van der Waals surface area contributed by atoms with Crippen molar-refractivity contribution in [2.75, 3.05) is 41.7 Å². The van der Waals surface area contributed by atoms with E-state index in [4.69, 9.17) is 0 Å². The maximum absolute atomic E-state index is 12.6. The van der Waals surface area contributed by atoms with E-state index < -0.39 is 0 Å². The molecule has 0 unspecified atom stereocenters. The van der Waals surface area contributed by atoms with E-state index in [1.54, 1.807) is 16.5 Å². The lowest BCUT2D eigenvalue weighted by atomic mass is 10.3. The number of anilines is 3. The molecule has 0 bridgehead atoms. The lowest BCUT2D eigenvalue weighted by molar-refractivity contribution is -0.115. The molecular weight excluding hydrogens is 400 g/mol. The number of carbonyl (C=O) groups excluding carboxylic acids is 2. The largest absolute Gasteiger partial charge is 0.353 e. The monoisotopic (exact) mass is 422 g/mol. The van der Waals surface area contributed by atoms with Crippen molar-refractivity contribution >= 4 is 39.9 Å². The first-order valence-corrected chi connectivity index (χ1v) is 10.6. The minimum absolute atomic E-state index is 0.144. The zero-order chi connectivity index (χ0) is 20.8. The smallest absolute Gasteiger partial charge is 0.323 e. The second-order valence-corrected chi connectivity index (χ2v) is 7.69. The van der Waals surface area contributed by atoms with Gasteiger partial charge in [0, 0.05) is 43.4 Å². The summed E-state index contributed by atoms with van der Waals surface area (Å²) >= 11 is 1.32. The van der Waals surface area contributed by atoms with Gasteiger partial charge in [-0.1, -0.05) is 24.3 Å². The summed E-state index contributed by atoms with van der Waals surface area (Å²) in [6.07, 6.45) is 1.93. The Morgan fingerprint density at radius 2 is 1.73 bits per heavy atom. The van der Waals surface area contributed by atoms with Crippen molar-refractivity contribution < 1.29 is 9.59 Å². The summed E-state index contributed by atoms with van der Waals surface area (Å²) in [5.74, 6) is 0.783. The number of aromatic nitrogens is 2.